The fourth-order valence-electron chi connectivity index (χ4n) is 9.23. The first kappa shape index (κ1) is 81.9. The van der Waals surface area contributed by atoms with Crippen LogP contribution in [-0.2, 0) is 65.3 Å². The first-order chi connectivity index (χ1) is 32.5. The summed E-state index contributed by atoms with van der Waals surface area (Å²) in [5, 5.41) is 33.7. The molecule has 0 amide bonds. The van der Waals surface area contributed by atoms with Gasteiger partial charge in [-0.1, -0.05) is 142 Å². The number of carboxylic acids is 1. The fraction of sp³-hybridized carbons (Fsp3) is 0.552. The molecule has 0 fully saturated rings. The molecule has 0 aromatic heterocycles. The average Bonchev–Trinajstić information content (AvgIpc) is 3.23. The molecule has 0 heterocycles. The molecule has 4 rings (SSSR count). The Morgan fingerprint density at radius 2 is 0.595 bits per heavy atom. The first-order valence-corrected chi connectivity index (χ1v) is 45.7. The number of benzene rings is 4. The second kappa shape index (κ2) is 37.5. The molecule has 0 aliphatic carbocycles. The van der Waals surface area contributed by atoms with Crippen molar-refractivity contribution in [1.82, 2.24) is 0 Å². The first-order valence-electron chi connectivity index (χ1n) is 24.7. The van der Waals surface area contributed by atoms with Crippen molar-refractivity contribution in [3.8, 4) is 0 Å². The van der Waals surface area contributed by atoms with E-state index in [-0.39, 0.29) is 54.9 Å². The third-order valence-electron chi connectivity index (χ3n) is 11.6. The summed E-state index contributed by atoms with van der Waals surface area (Å²) >= 11 is -4.04. The maximum atomic E-state index is 11.9. The Kier molecular flexibility index (Phi) is 41.5. The van der Waals surface area contributed by atoms with Gasteiger partial charge in [-0.2, -0.15) is 0 Å². The van der Waals surface area contributed by atoms with Crippen molar-refractivity contribution >= 4 is 83.2 Å². The monoisotopic (exact) mass is 1360 g/mol. The zero-order chi connectivity index (χ0) is 56.7. The number of hydrogen-bond acceptors (Lipinski definition) is 3. The Labute approximate surface area is 503 Å². The van der Waals surface area contributed by atoms with Crippen molar-refractivity contribution in [2.24, 2.45) is 0 Å². The van der Waals surface area contributed by atoms with Crippen LogP contribution < -0.4 is 0 Å². The van der Waals surface area contributed by atoms with Crippen LogP contribution in [0.2, 0.25) is 0 Å². The van der Waals surface area contributed by atoms with E-state index >= 15 is 0 Å². The van der Waals surface area contributed by atoms with Crippen LogP contribution in [0.25, 0.3) is 0 Å². The van der Waals surface area contributed by atoms with Gasteiger partial charge in [0, 0.05) is 40.3 Å². The molecular formula is C58H97Cl6NiO4P3TiZr+2. The van der Waals surface area contributed by atoms with E-state index in [0.717, 1.165) is 34.6 Å². The summed E-state index contributed by atoms with van der Waals surface area (Å²) in [4.78, 5) is 10.7. The third-order valence-corrected chi connectivity index (χ3v) is 24.9. The van der Waals surface area contributed by atoms with Crippen molar-refractivity contribution in [1.29, 1.82) is 0 Å². The van der Waals surface area contributed by atoms with Crippen molar-refractivity contribution in [3.63, 3.8) is 0 Å². The minimum Gasteiger partial charge on any atom is 0 e. The van der Waals surface area contributed by atoms with Gasteiger partial charge < -0.3 is 22.7 Å². The molecule has 3 N–H and O–H groups in total. The molecule has 0 atom stereocenters. The SMILES string of the molecule is CC(C)(C)[PH+](CC(=O)O)C(C)(C)C.CC(C)(C)[PH+](CC(O)(c1ccccc1)c1ccccc1)C(C)(C)C.CC(C)(C)[PH+](CC(O)(c1ccccc1)c1ccccc1)C(C)(C)C.CCC.[CH3-].[Cl][Ti]([Cl])[Cl].[Cl][Zr]([Cl])[Cl].[Ni]. The molecule has 426 valence electrons. The van der Waals surface area contributed by atoms with Crippen molar-refractivity contribution in [2.45, 2.75) is 187 Å². The van der Waals surface area contributed by atoms with Gasteiger partial charge in [0.1, 0.15) is 11.2 Å². The van der Waals surface area contributed by atoms with E-state index in [1.807, 2.05) is 72.8 Å². The zero-order valence-corrected chi connectivity index (χ0v) is 61.3. The summed E-state index contributed by atoms with van der Waals surface area (Å²) in [7, 11) is 27.3. The molecule has 0 bridgehead atoms. The van der Waals surface area contributed by atoms with Gasteiger partial charge in [0.2, 0.25) is 0 Å². The minimum atomic E-state index is -2.13. The van der Waals surface area contributed by atoms with Crippen LogP contribution in [-0.4, -0.2) is 70.7 Å². The van der Waals surface area contributed by atoms with E-state index in [2.05, 4.69) is 187 Å². The van der Waals surface area contributed by atoms with E-state index in [1.165, 1.54) is 6.42 Å². The topological polar surface area (TPSA) is 77.8 Å². The standard InChI is InChI=1S/2C22H31OP.C10H21O2P.C3H8.CH3.6ClH.Ni.Ti.Zr/c2*1-20(2,3)24(21(4,5)6)17-22(23,18-13-9-7-10-14-18)19-15-11-8-12-16-19;1-9(2,3)13(7-8(11)12)10(4,5)6;1-3-2;;;;;;;;;;/h2*7-16,23H,17H2,1-6H3;7H2,1-6H3,(H,11,12);3H2,1-2H3;1H3;6*1H;;;/q;;;;-1;;;;;;;;2*+3/p-3. The average molecular weight is 1360 g/mol. The molecule has 4 nitrogen and oxygen atoms in total. The third kappa shape index (κ3) is 33.3. The summed E-state index contributed by atoms with van der Waals surface area (Å²) in [6.07, 6.45) is 3.22. The van der Waals surface area contributed by atoms with Gasteiger partial charge in [-0.15, -0.1) is 0 Å². The number of carbonyl (C=O) groups is 1. The predicted molar refractivity (Wildman–Crippen MR) is 335 cm³/mol. The molecule has 4 aromatic rings. The number of rotatable bonds is 10. The van der Waals surface area contributed by atoms with E-state index in [9.17, 15) is 15.0 Å². The van der Waals surface area contributed by atoms with Gasteiger partial charge in [-0.05, 0) is 147 Å². The molecule has 74 heavy (non-hydrogen) atoms. The Morgan fingerprint density at radius 3 is 0.703 bits per heavy atom. The Morgan fingerprint density at radius 1 is 0.446 bits per heavy atom. The summed E-state index contributed by atoms with van der Waals surface area (Å²) < 4.78 is 0. The van der Waals surface area contributed by atoms with Crippen LogP contribution in [0.15, 0.2) is 121 Å². The van der Waals surface area contributed by atoms with Crippen LogP contribution in [0, 0.1) is 7.43 Å². The summed E-state index contributed by atoms with van der Waals surface area (Å²) in [5.41, 5.74) is 2.10. The molecule has 0 radical (unpaired) electrons. The molecule has 0 saturated heterocycles. The van der Waals surface area contributed by atoms with Gasteiger partial charge in [0.25, 0.3) is 0 Å². The Hall–Kier alpha value is 1.39. The van der Waals surface area contributed by atoms with Crippen LogP contribution in [0.3, 0.4) is 0 Å². The van der Waals surface area contributed by atoms with Gasteiger partial charge in [0.05, 0.1) is 43.3 Å². The molecular weight excluding hydrogens is 1260 g/mol. The molecule has 0 saturated carbocycles. The van der Waals surface area contributed by atoms with Crippen LogP contribution in [0.1, 0.15) is 167 Å². The predicted octanol–water partition coefficient (Wildman–Crippen LogP) is 20.3. The normalized spacial score (nSPS) is 12.0. The Balaban J connectivity index is -0.000000459. The number of aliphatic hydroxyl groups is 2. The molecule has 0 aliphatic heterocycles. The van der Waals surface area contributed by atoms with Crippen LogP contribution in [0.4, 0.5) is 0 Å². The fourth-order valence-corrected chi connectivity index (χ4v) is 21.3. The number of aliphatic carboxylic acids is 1. The van der Waals surface area contributed by atoms with Crippen molar-refractivity contribution in [3.05, 3.63) is 151 Å². The summed E-state index contributed by atoms with van der Waals surface area (Å²) in [6.45, 7) is 45.0. The van der Waals surface area contributed by atoms with Gasteiger partial charge in [-0.25, -0.2) is 4.79 Å². The molecule has 0 unspecified atom stereocenters. The van der Waals surface area contributed by atoms with Gasteiger partial charge in [0.15, 0.2) is 6.16 Å². The van der Waals surface area contributed by atoms with E-state index in [0.29, 0.717) is 6.16 Å². The molecule has 4 aromatic carbocycles. The van der Waals surface area contributed by atoms with Crippen molar-refractivity contribution in [2.75, 3.05) is 18.5 Å². The molecule has 0 spiro atoms. The molecule has 0 aliphatic rings. The molecule has 16 heteroatoms. The number of halogens is 6. The van der Waals surface area contributed by atoms with Crippen LogP contribution in [0.5, 0.6) is 0 Å². The van der Waals surface area contributed by atoms with E-state index in [4.69, 9.17) is 58.6 Å². The maximum Gasteiger partial charge on any atom is 0 e. The smallest absolute Gasteiger partial charge is 0 e. The second-order valence-electron chi connectivity index (χ2n) is 24.2. The summed E-state index contributed by atoms with van der Waals surface area (Å²) in [5.74, 6) is -0.654. The quantitative estimate of drug-likeness (QED) is 0.0840. The second-order valence-corrected chi connectivity index (χ2v) is 56.0. The van der Waals surface area contributed by atoms with Crippen molar-refractivity contribution < 1.29 is 69.5 Å². The zero-order valence-electron chi connectivity index (χ0n) is 48.7. The van der Waals surface area contributed by atoms with Crippen LogP contribution >= 0.6 is 77.2 Å². The van der Waals surface area contributed by atoms with Gasteiger partial charge >= 0.3 is 92.3 Å². The van der Waals surface area contributed by atoms with E-state index in [1.54, 1.807) is 0 Å². The maximum absolute atomic E-state index is 11.9. The van der Waals surface area contributed by atoms with Gasteiger partial charge in [-0.3, -0.25) is 0 Å². The minimum absolute atomic E-state index is 0. The summed E-state index contributed by atoms with van der Waals surface area (Å²) in [6, 6.07) is 40.6. The number of carboxylic acid groups (broad SMARTS) is 1. The Bertz CT molecular complexity index is 1790. The van der Waals surface area contributed by atoms with E-state index < -0.39 is 73.8 Å². The number of hydrogen-bond donors (Lipinski definition) is 3. The largest absolute Gasteiger partial charge is 0 e.